The van der Waals surface area contributed by atoms with Crippen LogP contribution in [0.3, 0.4) is 0 Å². The van der Waals surface area contributed by atoms with Gasteiger partial charge < -0.3 is 10.0 Å². The van der Waals surface area contributed by atoms with Crippen LogP contribution in [0.15, 0.2) is 12.1 Å². The van der Waals surface area contributed by atoms with Crippen LogP contribution in [0, 0.1) is 26.7 Å². The lowest BCUT2D eigenvalue weighted by molar-refractivity contribution is 0.120. The van der Waals surface area contributed by atoms with Crippen LogP contribution in [0.4, 0.5) is 0 Å². The van der Waals surface area contributed by atoms with Gasteiger partial charge in [0.25, 0.3) is 0 Å². The fourth-order valence-electron chi connectivity index (χ4n) is 3.92. The molecule has 1 saturated heterocycles. The predicted molar refractivity (Wildman–Crippen MR) is 88.7 cm³/mol. The number of likely N-dealkylation sites (tertiary alicyclic amines) is 1. The Hall–Kier alpha value is -0.900. The van der Waals surface area contributed by atoms with Gasteiger partial charge in [0.1, 0.15) is 0 Å². The van der Waals surface area contributed by atoms with Gasteiger partial charge in [-0.25, -0.2) is 0 Å². The van der Waals surface area contributed by atoms with Gasteiger partial charge in [-0.15, -0.1) is 0 Å². The van der Waals surface area contributed by atoms with Crippen LogP contribution in [0.1, 0.15) is 35.3 Å². The van der Waals surface area contributed by atoms with Crippen molar-refractivity contribution in [3.63, 3.8) is 0 Å². The van der Waals surface area contributed by atoms with E-state index in [4.69, 9.17) is 0 Å². The lowest BCUT2D eigenvalue weighted by Crippen LogP contribution is -2.35. The molecular formula is C18H30N2O. The van der Waals surface area contributed by atoms with Gasteiger partial charge in [-0.3, -0.25) is 4.90 Å². The molecule has 3 unspecified atom stereocenters. The molecule has 1 aromatic rings. The summed E-state index contributed by atoms with van der Waals surface area (Å²) < 4.78 is 0. The van der Waals surface area contributed by atoms with E-state index < -0.39 is 6.10 Å². The Morgan fingerprint density at radius 1 is 1.19 bits per heavy atom. The molecule has 3 heteroatoms. The van der Waals surface area contributed by atoms with Crippen molar-refractivity contribution in [3.05, 3.63) is 34.4 Å². The van der Waals surface area contributed by atoms with Crippen LogP contribution < -0.4 is 0 Å². The molecule has 0 amide bonds. The van der Waals surface area contributed by atoms with Crippen LogP contribution in [-0.2, 0) is 0 Å². The van der Waals surface area contributed by atoms with Crippen molar-refractivity contribution < 1.29 is 5.11 Å². The van der Waals surface area contributed by atoms with Crippen molar-refractivity contribution in [2.75, 3.05) is 33.7 Å². The third-order valence-corrected chi connectivity index (χ3v) is 4.81. The number of aryl methyl sites for hydroxylation is 3. The quantitative estimate of drug-likeness (QED) is 0.923. The normalized spacial score (nSPS) is 24.8. The van der Waals surface area contributed by atoms with Crippen LogP contribution in [0.2, 0.25) is 0 Å². The highest BCUT2D eigenvalue weighted by molar-refractivity contribution is 5.39. The lowest BCUT2D eigenvalue weighted by Gasteiger charge is -2.24. The van der Waals surface area contributed by atoms with Crippen molar-refractivity contribution in [1.29, 1.82) is 0 Å². The van der Waals surface area contributed by atoms with Gasteiger partial charge in [-0.1, -0.05) is 24.6 Å². The number of aliphatic hydroxyl groups is 1. The number of hydrogen-bond donors (Lipinski definition) is 1. The molecule has 0 saturated carbocycles. The molecule has 0 spiro atoms. The van der Waals surface area contributed by atoms with Crippen LogP contribution in [-0.4, -0.2) is 54.7 Å². The van der Waals surface area contributed by atoms with Gasteiger partial charge in [0, 0.05) is 25.7 Å². The highest BCUT2D eigenvalue weighted by atomic mass is 16.3. The molecule has 1 aromatic carbocycles. The maximum absolute atomic E-state index is 10.7. The molecule has 3 atom stereocenters. The summed E-state index contributed by atoms with van der Waals surface area (Å²) >= 11 is 0. The molecule has 0 aliphatic carbocycles. The van der Waals surface area contributed by atoms with Crippen LogP contribution in [0.25, 0.3) is 0 Å². The second kappa shape index (κ2) is 6.47. The van der Waals surface area contributed by atoms with Crippen LogP contribution >= 0.6 is 0 Å². The summed E-state index contributed by atoms with van der Waals surface area (Å²) in [5.74, 6) is 0.660. The summed E-state index contributed by atoms with van der Waals surface area (Å²) in [6, 6.07) is 4.93. The summed E-state index contributed by atoms with van der Waals surface area (Å²) in [5.41, 5.74) is 4.79. The van der Waals surface area contributed by atoms with E-state index in [1.165, 1.54) is 16.7 Å². The van der Waals surface area contributed by atoms with Gasteiger partial charge in [0.05, 0.1) is 6.10 Å². The summed E-state index contributed by atoms with van der Waals surface area (Å²) in [7, 11) is 4.30. The summed E-state index contributed by atoms with van der Waals surface area (Å²) in [6.45, 7) is 11.5. The van der Waals surface area contributed by atoms with Crippen molar-refractivity contribution in [2.24, 2.45) is 5.92 Å². The third-order valence-electron chi connectivity index (χ3n) is 4.81. The average molecular weight is 290 g/mol. The fraction of sp³-hybridized carbons (Fsp3) is 0.667. The molecule has 0 radical (unpaired) electrons. The van der Waals surface area contributed by atoms with E-state index in [0.717, 1.165) is 25.2 Å². The van der Waals surface area contributed by atoms with E-state index >= 15 is 0 Å². The molecule has 2 rings (SSSR count). The zero-order chi connectivity index (χ0) is 15.7. The van der Waals surface area contributed by atoms with Gasteiger partial charge in [0.15, 0.2) is 0 Å². The lowest BCUT2D eigenvalue weighted by atomic mass is 9.95. The number of aliphatic hydroxyl groups excluding tert-OH is 1. The summed E-state index contributed by atoms with van der Waals surface area (Å²) in [6.07, 6.45) is -0.390. The molecule has 3 nitrogen and oxygen atoms in total. The van der Waals surface area contributed by atoms with Crippen molar-refractivity contribution in [3.8, 4) is 0 Å². The monoisotopic (exact) mass is 290 g/mol. The molecule has 1 fully saturated rings. The first-order chi connectivity index (χ1) is 9.79. The van der Waals surface area contributed by atoms with Crippen molar-refractivity contribution in [2.45, 2.75) is 39.8 Å². The third kappa shape index (κ3) is 3.65. The van der Waals surface area contributed by atoms with E-state index in [1.807, 2.05) is 0 Å². The Labute approximate surface area is 129 Å². The van der Waals surface area contributed by atoms with Crippen LogP contribution in [0.5, 0.6) is 0 Å². The second-order valence-corrected chi connectivity index (χ2v) is 7.05. The number of rotatable bonds is 4. The van der Waals surface area contributed by atoms with E-state index in [9.17, 15) is 5.11 Å². The standard InChI is InChI=1S/C18H30N2O/c1-12-7-13(2)18(14(3)8-12)17(21)11-20-9-15(4)16(10-20)19(5)6/h7-8,15-17,21H,9-11H2,1-6H3. The minimum absolute atomic E-state index is 0.390. The number of β-amino-alcohol motifs (C(OH)–C–C–N with tert-alkyl or cyclic N) is 1. The molecule has 1 N–H and O–H groups in total. The molecule has 21 heavy (non-hydrogen) atoms. The first-order valence-electron chi connectivity index (χ1n) is 7.94. The molecule has 0 aromatic heterocycles. The topological polar surface area (TPSA) is 26.7 Å². The summed E-state index contributed by atoms with van der Waals surface area (Å²) in [4.78, 5) is 4.71. The predicted octanol–water partition coefficient (Wildman–Crippen LogP) is 2.53. The fourth-order valence-corrected chi connectivity index (χ4v) is 3.92. The molecule has 0 bridgehead atoms. The number of likely N-dealkylation sites (N-methyl/N-ethyl adjacent to an activating group) is 1. The number of benzene rings is 1. The van der Waals surface area contributed by atoms with Crippen molar-refractivity contribution >= 4 is 0 Å². The van der Waals surface area contributed by atoms with E-state index in [2.05, 4.69) is 63.7 Å². The van der Waals surface area contributed by atoms with Gasteiger partial charge in [0.2, 0.25) is 0 Å². The average Bonchev–Trinajstić information content (AvgIpc) is 2.68. The molecule has 1 aliphatic heterocycles. The Kier molecular flexibility index (Phi) is 5.07. The number of hydrogen-bond acceptors (Lipinski definition) is 3. The smallest absolute Gasteiger partial charge is 0.0922 e. The van der Waals surface area contributed by atoms with Gasteiger partial charge in [-0.2, -0.15) is 0 Å². The Morgan fingerprint density at radius 2 is 1.76 bits per heavy atom. The Balaban J connectivity index is 2.08. The minimum Gasteiger partial charge on any atom is -0.387 e. The molecule has 1 heterocycles. The zero-order valence-corrected chi connectivity index (χ0v) is 14.3. The van der Waals surface area contributed by atoms with Crippen molar-refractivity contribution in [1.82, 2.24) is 9.80 Å². The molecule has 1 aliphatic rings. The number of nitrogens with zero attached hydrogens (tertiary/aromatic N) is 2. The summed E-state index contributed by atoms with van der Waals surface area (Å²) in [5, 5.41) is 10.7. The zero-order valence-electron chi connectivity index (χ0n) is 14.3. The first-order valence-corrected chi connectivity index (χ1v) is 7.94. The molecule has 118 valence electrons. The molecular weight excluding hydrogens is 260 g/mol. The Bertz CT molecular complexity index is 475. The van der Waals surface area contributed by atoms with Gasteiger partial charge in [-0.05, 0) is 57.5 Å². The minimum atomic E-state index is -0.390. The van der Waals surface area contributed by atoms with E-state index in [0.29, 0.717) is 12.0 Å². The first kappa shape index (κ1) is 16.5. The van der Waals surface area contributed by atoms with Gasteiger partial charge >= 0.3 is 0 Å². The highest BCUT2D eigenvalue weighted by Gasteiger charge is 2.32. The maximum atomic E-state index is 10.7. The van der Waals surface area contributed by atoms with E-state index in [-0.39, 0.29) is 0 Å². The Morgan fingerprint density at radius 3 is 2.24 bits per heavy atom. The SMILES string of the molecule is Cc1cc(C)c(C(O)CN2CC(C)C(N(C)C)C2)c(C)c1. The highest BCUT2D eigenvalue weighted by Crippen LogP contribution is 2.27. The van der Waals surface area contributed by atoms with E-state index in [1.54, 1.807) is 0 Å². The largest absolute Gasteiger partial charge is 0.387 e. The second-order valence-electron chi connectivity index (χ2n) is 7.05. The maximum Gasteiger partial charge on any atom is 0.0922 e.